The first kappa shape index (κ1) is 21.3. The first-order valence-corrected chi connectivity index (χ1v) is 11.0. The van der Waals surface area contributed by atoms with E-state index in [4.69, 9.17) is 16.6 Å². The lowest BCUT2D eigenvalue weighted by molar-refractivity contribution is 0.1000. The molecule has 0 aliphatic rings. The summed E-state index contributed by atoms with van der Waals surface area (Å²) < 4.78 is 4.99. The SMILES string of the molecule is CC(c1cn(-c2ccccc2C(N)=O)nn1)n1nc(-c2cncc3c2cnn3C)c2c(N)ncnc21. The van der Waals surface area contributed by atoms with Gasteiger partial charge in [0.05, 0.1) is 46.8 Å². The number of aromatic nitrogens is 10. The van der Waals surface area contributed by atoms with Crippen LogP contribution in [-0.2, 0) is 7.05 Å². The Labute approximate surface area is 203 Å². The van der Waals surface area contributed by atoms with E-state index in [1.807, 2.05) is 14.0 Å². The van der Waals surface area contributed by atoms with E-state index >= 15 is 0 Å². The molecule has 4 N–H and O–H groups in total. The molecular weight excluding hydrogens is 460 g/mol. The van der Waals surface area contributed by atoms with Gasteiger partial charge in [-0.05, 0) is 19.1 Å². The van der Waals surface area contributed by atoms with Crippen LogP contribution in [-0.4, -0.2) is 55.4 Å². The summed E-state index contributed by atoms with van der Waals surface area (Å²) >= 11 is 0. The Morgan fingerprint density at radius 2 is 1.94 bits per heavy atom. The molecule has 1 amide bonds. The molecule has 178 valence electrons. The lowest BCUT2D eigenvalue weighted by Gasteiger charge is -2.09. The highest BCUT2D eigenvalue weighted by molar-refractivity contribution is 6.04. The first-order valence-electron chi connectivity index (χ1n) is 11.0. The molecule has 1 atom stereocenters. The topological polar surface area (TPSA) is 174 Å². The molecule has 5 aromatic heterocycles. The van der Waals surface area contributed by atoms with Crippen molar-refractivity contribution in [1.29, 1.82) is 0 Å². The van der Waals surface area contributed by atoms with Gasteiger partial charge >= 0.3 is 0 Å². The zero-order valence-electron chi connectivity index (χ0n) is 19.3. The van der Waals surface area contributed by atoms with Crippen molar-refractivity contribution in [2.45, 2.75) is 13.0 Å². The van der Waals surface area contributed by atoms with Gasteiger partial charge < -0.3 is 11.5 Å². The second kappa shape index (κ2) is 7.94. The second-order valence-corrected chi connectivity index (χ2v) is 8.28. The summed E-state index contributed by atoms with van der Waals surface area (Å²) in [5, 5.41) is 19.3. The first-order chi connectivity index (χ1) is 17.4. The van der Waals surface area contributed by atoms with Gasteiger partial charge in [0.1, 0.15) is 23.5 Å². The Balaban J connectivity index is 1.50. The third kappa shape index (κ3) is 3.17. The summed E-state index contributed by atoms with van der Waals surface area (Å²) in [4.78, 5) is 24.9. The number of amides is 1. The van der Waals surface area contributed by atoms with Crippen LogP contribution in [0.1, 0.15) is 29.0 Å². The van der Waals surface area contributed by atoms with Gasteiger partial charge in [0.2, 0.25) is 0 Å². The minimum atomic E-state index is -0.552. The summed E-state index contributed by atoms with van der Waals surface area (Å²) in [7, 11) is 1.85. The lowest BCUT2D eigenvalue weighted by atomic mass is 10.1. The van der Waals surface area contributed by atoms with Crippen LogP contribution < -0.4 is 11.5 Å². The number of pyridine rings is 1. The fourth-order valence-electron chi connectivity index (χ4n) is 4.30. The van der Waals surface area contributed by atoms with Gasteiger partial charge in [-0.3, -0.25) is 14.5 Å². The average Bonchev–Trinajstić information content (AvgIpc) is 3.62. The van der Waals surface area contributed by atoms with Gasteiger partial charge in [-0.25, -0.2) is 19.3 Å². The number of carbonyl (C=O) groups excluding carboxylic acids is 1. The van der Waals surface area contributed by atoms with Crippen LogP contribution in [0.3, 0.4) is 0 Å². The Kier molecular flexibility index (Phi) is 4.71. The van der Waals surface area contributed by atoms with Crippen molar-refractivity contribution in [1.82, 2.24) is 49.5 Å². The minimum Gasteiger partial charge on any atom is -0.383 e. The largest absolute Gasteiger partial charge is 0.383 e. The second-order valence-electron chi connectivity index (χ2n) is 8.28. The molecule has 13 heteroatoms. The standard InChI is InChI=1S/C23H20N12O/c1-12(16-10-34(32-30-16)17-6-4-3-5-13(17)22(25)36)35-23-19(21(24)27-11-28-23)20(31-35)15-7-26-9-18-14(15)8-29-33(18)2/h3-12H,1-2H3,(H2,25,36)(H2,24,27,28). The molecule has 1 unspecified atom stereocenters. The van der Waals surface area contributed by atoms with Gasteiger partial charge in [-0.15, -0.1) is 5.10 Å². The van der Waals surface area contributed by atoms with Crippen LogP contribution in [0.4, 0.5) is 5.82 Å². The third-order valence-electron chi connectivity index (χ3n) is 6.17. The van der Waals surface area contributed by atoms with E-state index in [-0.39, 0.29) is 6.04 Å². The van der Waals surface area contributed by atoms with Crippen molar-refractivity contribution in [3.8, 4) is 16.9 Å². The van der Waals surface area contributed by atoms with Crippen molar-refractivity contribution in [2.24, 2.45) is 12.8 Å². The molecule has 0 radical (unpaired) electrons. The molecule has 6 aromatic rings. The van der Waals surface area contributed by atoms with E-state index in [1.54, 1.807) is 58.4 Å². The summed E-state index contributed by atoms with van der Waals surface area (Å²) in [6.45, 7) is 1.92. The fourth-order valence-corrected chi connectivity index (χ4v) is 4.30. The number of para-hydroxylation sites is 1. The van der Waals surface area contributed by atoms with Crippen LogP contribution >= 0.6 is 0 Å². The van der Waals surface area contributed by atoms with Crippen LogP contribution in [0.5, 0.6) is 0 Å². The van der Waals surface area contributed by atoms with Gasteiger partial charge in [0.15, 0.2) is 5.65 Å². The van der Waals surface area contributed by atoms with Gasteiger partial charge in [0, 0.05) is 24.2 Å². The smallest absolute Gasteiger partial charge is 0.250 e. The van der Waals surface area contributed by atoms with E-state index in [2.05, 4.69) is 30.4 Å². The molecule has 6 rings (SSSR count). The molecule has 0 aliphatic heterocycles. The van der Waals surface area contributed by atoms with E-state index in [0.29, 0.717) is 39.5 Å². The number of anilines is 1. The maximum atomic E-state index is 11.9. The molecule has 5 heterocycles. The van der Waals surface area contributed by atoms with Crippen LogP contribution in [0, 0.1) is 0 Å². The summed E-state index contributed by atoms with van der Waals surface area (Å²) in [5.41, 5.74) is 16.0. The van der Waals surface area contributed by atoms with E-state index in [9.17, 15) is 4.79 Å². The summed E-state index contributed by atoms with van der Waals surface area (Å²) in [5.74, 6) is -0.253. The highest BCUT2D eigenvalue weighted by atomic mass is 16.1. The minimum absolute atomic E-state index is 0.299. The lowest BCUT2D eigenvalue weighted by Crippen LogP contribution is -2.14. The van der Waals surface area contributed by atoms with Crippen LogP contribution in [0.2, 0.25) is 0 Å². The van der Waals surface area contributed by atoms with Crippen molar-refractivity contribution < 1.29 is 4.79 Å². The summed E-state index contributed by atoms with van der Waals surface area (Å²) in [6.07, 6.45) is 8.37. The molecule has 1 aromatic carbocycles. The number of aryl methyl sites for hydroxylation is 1. The molecule has 0 bridgehead atoms. The van der Waals surface area contributed by atoms with Gasteiger partial charge in [-0.1, -0.05) is 17.3 Å². The highest BCUT2D eigenvalue weighted by Crippen LogP contribution is 2.35. The zero-order valence-corrected chi connectivity index (χ0v) is 19.3. The van der Waals surface area contributed by atoms with Gasteiger partial charge in [-0.2, -0.15) is 10.2 Å². The molecule has 0 saturated carbocycles. The van der Waals surface area contributed by atoms with Gasteiger partial charge in [0.25, 0.3) is 5.91 Å². The van der Waals surface area contributed by atoms with Crippen molar-refractivity contribution in [3.05, 3.63) is 66.6 Å². The molecule has 13 nitrogen and oxygen atoms in total. The van der Waals surface area contributed by atoms with E-state index < -0.39 is 5.91 Å². The summed E-state index contributed by atoms with van der Waals surface area (Å²) in [6, 6.07) is 6.55. The predicted molar refractivity (Wildman–Crippen MR) is 131 cm³/mol. The zero-order chi connectivity index (χ0) is 25.0. The average molecular weight is 480 g/mol. The number of primary amides is 1. The van der Waals surface area contributed by atoms with E-state index in [1.165, 1.54) is 11.0 Å². The Hall–Kier alpha value is -5.20. The number of nitrogens with two attached hydrogens (primary N) is 2. The molecule has 0 aliphatic carbocycles. The van der Waals surface area contributed by atoms with E-state index in [0.717, 1.165) is 16.5 Å². The number of carbonyl (C=O) groups is 1. The maximum absolute atomic E-state index is 11.9. The molecule has 0 spiro atoms. The van der Waals surface area contributed by atoms with Crippen LogP contribution in [0.25, 0.3) is 38.9 Å². The predicted octanol–water partition coefficient (Wildman–Crippen LogP) is 1.65. The number of benzene rings is 1. The maximum Gasteiger partial charge on any atom is 0.250 e. The fraction of sp³-hybridized carbons (Fsp3) is 0.130. The number of rotatable bonds is 5. The molecule has 0 fully saturated rings. The Morgan fingerprint density at radius 1 is 1.11 bits per heavy atom. The number of hydrogen-bond donors (Lipinski definition) is 2. The molecular formula is C23H20N12O. The highest BCUT2D eigenvalue weighted by Gasteiger charge is 2.24. The van der Waals surface area contributed by atoms with Crippen molar-refractivity contribution >= 4 is 33.7 Å². The van der Waals surface area contributed by atoms with Crippen LogP contribution in [0.15, 0.2) is 55.4 Å². The normalized spacial score (nSPS) is 12.4. The molecule has 0 saturated heterocycles. The quantitative estimate of drug-likeness (QED) is 0.372. The molecule has 36 heavy (non-hydrogen) atoms. The number of nitrogen functional groups attached to an aromatic ring is 1. The number of nitrogens with zero attached hydrogens (tertiary/aromatic N) is 10. The van der Waals surface area contributed by atoms with Crippen molar-refractivity contribution in [3.63, 3.8) is 0 Å². The third-order valence-corrected chi connectivity index (χ3v) is 6.17. The monoisotopic (exact) mass is 480 g/mol. The Bertz CT molecular complexity index is 1780. The number of fused-ring (bicyclic) bond motifs is 2. The Morgan fingerprint density at radius 3 is 2.78 bits per heavy atom. The van der Waals surface area contributed by atoms with Crippen molar-refractivity contribution in [2.75, 3.05) is 5.73 Å². The number of hydrogen-bond acceptors (Lipinski definition) is 9.